The van der Waals surface area contributed by atoms with Crippen LogP contribution in [0, 0.1) is 6.92 Å². The molecular weight excluding hydrogens is 412 g/mol. The molecule has 0 amide bonds. The van der Waals surface area contributed by atoms with Crippen molar-refractivity contribution in [1.82, 2.24) is 9.97 Å². The number of ether oxygens (including phenoxy) is 1. The molecule has 0 spiro atoms. The number of aromatic nitrogens is 2. The predicted molar refractivity (Wildman–Crippen MR) is 110 cm³/mol. The monoisotopic (exact) mass is 426 g/mol. The number of aryl methyl sites for hydroxylation is 1. The van der Waals surface area contributed by atoms with Crippen LogP contribution in [0.3, 0.4) is 0 Å². The van der Waals surface area contributed by atoms with E-state index in [1.54, 1.807) is 0 Å². The Labute approximate surface area is 165 Å². The zero-order valence-corrected chi connectivity index (χ0v) is 16.4. The van der Waals surface area contributed by atoms with Gasteiger partial charge in [0.05, 0.1) is 16.6 Å². The van der Waals surface area contributed by atoms with E-state index in [9.17, 15) is 0 Å². The number of H-pyrrole nitrogens is 1. The van der Waals surface area contributed by atoms with Gasteiger partial charge in [0, 0.05) is 9.50 Å². The van der Waals surface area contributed by atoms with Crippen molar-refractivity contribution in [2.45, 2.75) is 13.5 Å². The topological polar surface area (TPSA) is 37.9 Å². The van der Waals surface area contributed by atoms with Crippen molar-refractivity contribution in [3.05, 3.63) is 81.3 Å². The maximum absolute atomic E-state index is 6.07. The Kier molecular flexibility index (Phi) is 4.70. The van der Waals surface area contributed by atoms with Crippen LogP contribution >= 0.6 is 27.5 Å². The van der Waals surface area contributed by atoms with Gasteiger partial charge in [0.25, 0.3) is 0 Å². The summed E-state index contributed by atoms with van der Waals surface area (Å²) < 4.78 is 7.04. The van der Waals surface area contributed by atoms with E-state index in [1.165, 1.54) is 5.56 Å². The molecule has 4 aromatic rings. The Morgan fingerprint density at radius 2 is 1.85 bits per heavy atom. The first kappa shape index (κ1) is 17.1. The molecule has 0 atom stereocenters. The molecule has 0 unspecified atom stereocenters. The summed E-state index contributed by atoms with van der Waals surface area (Å²) in [5.74, 6) is 1.57. The Morgan fingerprint density at radius 3 is 2.65 bits per heavy atom. The number of halogens is 2. The number of aromatic amines is 1. The summed E-state index contributed by atoms with van der Waals surface area (Å²) in [6, 6.07) is 19.8. The van der Waals surface area contributed by atoms with Crippen molar-refractivity contribution in [2.75, 3.05) is 0 Å². The molecule has 1 heterocycles. The zero-order chi connectivity index (χ0) is 18.1. The molecule has 3 nitrogen and oxygen atoms in total. The van der Waals surface area contributed by atoms with E-state index >= 15 is 0 Å². The molecule has 0 saturated heterocycles. The van der Waals surface area contributed by atoms with E-state index in [1.807, 2.05) is 48.5 Å². The van der Waals surface area contributed by atoms with Crippen LogP contribution in [0.5, 0.6) is 5.75 Å². The molecule has 0 aliphatic carbocycles. The number of hydrogen-bond donors (Lipinski definition) is 1. The van der Waals surface area contributed by atoms with Gasteiger partial charge in [-0.05, 0) is 60.5 Å². The minimum atomic E-state index is 0.463. The minimum Gasteiger partial charge on any atom is -0.488 e. The molecule has 4 rings (SSSR count). The predicted octanol–water partition coefficient (Wildman–Crippen LogP) is 6.53. The van der Waals surface area contributed by atoms with E-state index in [2.05, 4.69) is 40.0 Å². The summed E-state index contributed by atoms with van der Waals surface area (Å²) in [6.07, 6.45) is 0. The maximum Gasteiger partial charge on any atom is 0.142 e. The van der Waals surface area contributed by atoms with E-state index < -0.39 is 0 Å². The Balaban J connectivity index is 1.68. The molecule has 5 heteroatoms. The molecule has 0 aliphatic heterocycles. The fraction of sp³-hybridized carbons (Fsp3) is 0.0952. The highest BCUT2D eigenvalue weighted by atomic mass is 79.9. The van der Waals surface area contributed by atoms with E-state index in [0.29, 0.717) is 6.61 Å². The van der Waals surface area contributed by atoms with Crippen LogP contribution in [0.25, 0.3) is 22.4 Å². The summed E-state index contributed by atoms with van der Waals surface area (Å²) in [4.78, 5) is 8.12. The smallest absolute Gasteiger partial charge is 0.142 e. The quantitative estimate of drug-likeness (QED) is 0.402. The Morgan fingerprint density at radius 1 is 1.04 bits per heavy atom. The third kappa shape index (κ3) is 3.62. The molecule has 3 aromatic carbocycles. The lowest BCUT2D eigenvalue weighted by molar-refractivity contribution is 0.307. The summed E-state index contributed by atoms with van der Waals surface area (Å²) in [6.45, 7) is 2.53. The van der Waals surface area contributed by atoms with Gasteiger partial charge in [-0.25, -0.2) is 4.98 Å². The third-order valence-corrected chi connectivity index (χ3v) is 4.89. The molecule has 130 valence electrons. The highest BCUT2D eigenvalue weighted by molar-refractivity contribution is 9.10. The average Bonchev–Trinajstić information content (AvgIpc) is 3.05. The minimum absolute atomic E-state index is 0.463. The normalized spacial score (nSPS) is 11.0. The number of rotatable bonds is 4. The molecule has 0 radical (unpaired) electrons. The highest BCUT2D eigenvalue weighted by Crippen LogP contribution is 2.33. The van der Waals surface area contributed by atoms with Gasteiger partial charge in [0.15, 0.2) is 0 Å². The number of benzene rings is 3. The van der Waals surface area contributed by atoms with Gasteiger partial charge in [-0.3, -0.25) is 0 Å². The lowest BCUT2D eigenvalue weighted by Crippen LogP contribution is -1.97. The molecule has 0 bridgehead atoms. The summed E-state index contributed by atoms with van der Waals surface area (Å²) in [7, 11) is 0. The molecule has 26 heavy (non-hydrogen) atoms. The fourth-order valence-electron chi connectivity index (χ4n) is 2.81. The van der Waals surface area contributed by atoms with E-state index in [4.69, 9.17) is 21.3 Å². The number of nitrogens with one attached hydrogen (secondary N) is 1. The Bertz CT molecular complexity index is 1070. The van der Waals surface area contributed by atoms with Crippen LogP contribution in [-0.2, 0) is 6.61 Å². The van der Waals surface area contributed by atoms with Crippen LogP contribution in [0.1, 0.15) is 11.1 Å². The number of hydrogen-bond acceptors (Lipinski definition) is 2. The number of fused-ring (bicyclic) bond motifs is 1. The van der Waals surface area contributed by atoms with Crippen molar-refractivity contribution in [3.8, 4) is 17.1 Å². The lowest BCUT2D eigenvalue weighted by Gasteiger charge is -2.11. The van der Waals surface area contributed by atoms with Crippen LogP contribution < -0.4 is 4.74 Å². The van der Waals surface area contributed by atoms with Crippen molar-refractivity contribution in [1.29, 1.82) is 0 Å². The Hall–Kier alpha value is -2.30. The van der Waals surface area contributed by atoms with Gasteiger partial charge < -0.3 is 9.72 Å². The van der Waals surface area contributed by atoms with Crippen LogP contribution in [0.4, 0.5) is 0 Å². The van der Waals surface area contributed by atoms with E-state index in [0.717, 1.165) is 43.2 Å². The standard InChI is InChI=1S/C21H16BrClN2O/c1-13-2-8-18-19(10-13)25-21(24-18)17-11-15(22)5-9-20(17)26-12-14-3-6-16(23)7-4-14/h2-11H,12H2,1H3,(H,24,25). The summed E-state index contributed by atoms with van der Waals surface area (Å²) in [5, 5.41) is 0.718. The molecule has 0 fully saturated rings. The first-order valence-corrected chi connectivity index (χ1v) is 9.39. The second-order valence-corrected chi connectivity index (χ2v) is 7.51. The first-order valence-electron chi connectivity index (χ1n) is 8.22. The van der Waals surface area contributed by atoms with Crippen molar-refractivity contribution < 1.29 is 4.74 Å². The maximum atomic E-state index is 6.07. The fourth-order valence-corrected chi connectivity index (χ4v) is 3.29. The number of imidazole rings is 1. The van der Waals surface area contributed by atoms with Crippen molar-refractivity contribution >= 4 is 38.6 Å². The average molecular weight is 428 g/mol. The third-order valence-electron chi connectivity index (χ3n) is 4.14. The van der Waals surface area contributed by atoms with Crippen LogP contribution in [-0.4, -0.2) is 9.97 Å². The molecule has 0 aliphatic rings. The van der Waals surface area contributed by atoms with Gasteiger partial charge in [-0.2, -0.15) is 0 Å². The second kappa shape index (κ2) is 7.14. The van der Waals surface area contributed by atoms with Crippen LogP contribution in [0.2, 0.25) is 5.02 Å². The molecule has 1 N–H and O–H groups in total. The van der Waals surface area contributed by atoms with E-state index in [-0.39, 0.29) is 0 Å². The largest absolute Gasteiger partial charge is 0.488 e. The van der Waals surface area contributed by atoms with Crippen LogP contribution in [0.15, 0.2) is 65.1 Å². The second-order valence-electron chi connectivity index (χ2n) is 6.16. The summed E-state index contributed by atoms with van der Waals surface area (Å²) >= 11 is 9.48. The molecule has 1 aromatic heterocycles. The van der Waals surface area contributed by atoms with Crippen molar-refractivity contribution in [3.63, 3.8) is 0 Å². The SMILES string of the molecule is Cc1ccc2nc(-c3cc(Br)ccc3OCc3ccc(Cl)cc3)[nH]c2c1. The van der Waals surface area contributed by atoms with Gasteiger partial charge in [-0.1, -0.05) is 45.7 Å². The van der Waals surface area contributed by atoms with Gasteiger partial charge >= 0.3 is 0 Å². The van der Waals surface area contributed by atoms with Gasteiger partial charge in [-0.15, -0.1) is 0 Å². The van der Waals surface area contributed by atoms with Gasteiger partial charge in [0.1, 0.15) is 18.2 Å². The summed E-state index contributed by atoms with van der Waals surface area (Å²) in [5.41, 5.74) is 5.13. The zero-order valence-electron chi connectivity index (χ0n) is 14.1. The first-order chi connectivity index (χ1) is 12.6. The number of nitrogens with zero attached hydrogens (tertiary/aromatic N) is 1. The highest BCUT2D eigenvalue weighted by Gasteiger charge is 2.12. The van der Waals surface area contributed by atoms with Crippen molar-refractivity contribution in [2.24, 2.45) is 0 Å². The van der Waals surface area contributed by atoms with Gasteiger partial charge in [0.2, 0.25) is 0 Å². The molecular formula is C21H16BrClN2O. The lowest BCUT2D eigenvalue weighted by atomic mass is 10.2. The molecule has 0 saturated carbocycles.